The van der Waals surface area contributed by atoms with E-state index < -0.39 is 11.2 Å². The van der Waals surface area contributed by atoms with Crippen molar-refractivity contribution in [2.75, 3.05) is 50.8 Å². The van der Waals surface area contributed by atoms with Crippen molar-refractivity contribution >= 4 is 21.6 Å². The second-order valence-electron chi connectivity index (χ2n) is 7.83. The van der Waals surface area contributed by atoms with Crippen molar-refractivity contribution in [2.45, 2.75) is 36.9 Å². The molecule has 6 saturated heterocycles. The molecule has 0 aliphatic carbocycles. The molecule has 6 heteroatoms. The Bertz CT molecular complexity index is 373. The van der Waals surface area contributed by atoms with Crippen LogP contribution in [-0.2, 0) is 0 Å². The van der Waals surface area contributed by atoms with Crippen LogP contribution in [0.25, 0.3) is 0 Å². The standard InChI is InChI=1S/C16H28N2O2S2/c19-15(9-17-5-1-13(15)2-6-17)11-21-22-12-16(20)10-18-7-3-14(16)4-8-18/h13-14,19-20H,1-12H2/t15-,16-/m0/s1. The van der Waals surface area contributed by atoms with Crippen LogP contribution >= 0.6 is 21.6 Å². The molecule has 0 amide bonds. The van der Waals surface area contributed by atoms with Crippen LogP contribution in [0, 0.1) is 11.8 Å². The summed E-state index contributed by atoms with van der Waals surface area (Å²) in [6.07, 6.45) is 4.62. The monoisotopic (exact) mass is 344 g/mol. The number of hydrogen-bond acceptors (Lipinski definition) is 6. The molecule has 0 aromatic rings. The lowest BCUT2D eigenvalue weighted by atomic mass is 9.76. The molecule has 6 aliphatic heterocycles. The average molecular weight is 345 g/mol. The van der Waals surface area contributed by atoms with Crippen LogP contribution in [0.4, 0.5) is 0 Å². The van der Waals surface area contributed by atoms with Crippen LogP contribution < -0.4 is 0 Å². The molecular weight excluding hydrogens is 316 g/mol. The molecule has 6 aliphatic rings. The van der Waals surface area contributed by atoms with Gasteiger partial charge in [0, 0.05) is 24.6 Å². The van der Waals surface area contributed by atoms with Gasteiger partial charge in [-0.3, -0.25) is 0 Å². The second-order valence-corrected chi connectivity index (χ2v) is 10.3. The van der Waals surface area contributed by atoms with E-state index in [-0.39, 0.29) is 0 Å². The van der Waals surface area contributed by atoms with E-state index in [4.69, 9.17) is 0 Å². The third kappa shape index (κ3) is 2.95. The zero-order valence-electron chi connectivity index (χ0n) is 13.2. The first-order valence-corrected chi connectivity index (χ1v) is 11.2. The minimum absolute atomic E-state index is 0.491. The maximum atomic E-state index is 10.9. The van der Waals surface area contributed by atoms with Crippen molar-refractivity contribution in [3.63, 3.8) is 0 Å². The molecule has 0 aromatic carbocycles. The summed E-state index contributed by atoms with van der Waals surface area (Å²) in [6, 6.07) is 0. The van der Waals surface area contributed by atoms with E-state index in [1.165, 1.54) is 26.2 Å². The summed E-state index contributed by atoms with van der Waals surface area (Å²) in [7, 11) is 3.56. The molecule has 2 N–H and O–H groups in total. The van der Waals surface area contributed by atoms with Gasteiger partial charge < -0.3 is 20.0 Å². The number of rotatable bonds is 5. The Labute approximate surface area is 141 Å². The quantitative estimate of drug-likeness (QED) is 0.579. The number of nitrogens with zero attached hydrogens (tertiary/aromatic N) is 2. The van der Waals surface area contributed by atoms with E-state index >= 15 is 0 Å². The molecule has 6 rings (SSSR count). The Morgan fingerprint density at radius 3 is 1.36 bits per heavy atom. The third-order valence-electron chi connectivity index (χ3n) is 6.39. The maximum Gasteiger partial charge on any atom is 0.0901 e. The predicted octanol–water partition coefficient (Wildman–Crippen LogP) is 1.28. The fraction of sp³-hybridized carbons (Fsp3) is 1.00. The number of piperidine rings is 6. The molecule has 6 heterocycles. The molecule has 0 unspecified atom stereocenters. The highest BCUT2D eigenvalue weighted by Gasteiger charge is 2.47. The van der Waals surface area contributed by atoms with Crippen molar-refractivity contribution < 1.29 is 10.2 Å². The van der Waals surface area contributed by atoms with Crippen LogP contribution in [0.1, 0.15) is 25.7 Å². The molecule has 4 bridgehead atoms. The summed E-state index contributed by atoms with van der Waals surface area (Å²) in [6.45, 7) is 6.38. The Balaban J connectivity index is 1.26. The van der Waals surface area contributed by atoms with Crippen molar-refractivity contribution in [1.82, 2.24) is 9.80 Å². The molecule has 0 aromatic heterocycles. The van der Waals surface area contributed by atoms with E-state index in [1.54, 1.807) is 21.6 Å². The summed E-state index contributed by atoms with van der Waals surface area (Å²) < 4.78 is 0. The molecule has 126 valence electrons. The Hall–Kier alpha value is 0.540. The van der Waals surface area contributed by atoms with Crippen molar-refractivity contribution in [1.29, 1.82) is 0 Å². The van der Waals surface area contributed by atoms with Crippen LogP contribution in [0.5, 0.6) is 0 Å². The van der Waals surface area contributed by atoms with E-state index in [2.05, 4.69) is 9.80 Å². The molecule has 0 saturated carbocycles. The first-order chi connectivity index (χ1) is 10.6. The van der Waals surface area contributed by atoms with Gasteiger partial charge in [0.1, 0.15) is 0 Å². The predicted molar refractivity (Wildman–Crippen MR) is 93.1 cm³/mol. The molecule has 4 nitrogen and oxygen atoms in total. The van der Waals surface area contributed by atoms with Gasteiger partial charge in [-0.15, -0.1) is 0 Å². The van der Waals surface area contributed by atoms with Gasteiger partial charge in [0.25, 0.3) is 0 Å². The highest BCUT2D eigenvalue weighted by atomic mass is 33.1. The van der Waals surface area contributed by atoms with Crippen LogP contribution in [0.2, 0.25) is 0 Å². The lowest BCUT2D eigenvalue weighted by molar-refractivity contribution is -0.0955. The minimum atomic E-state index is -0.494. The number of fused-ring (bicyclic) bond motifs is 6. The van der Waals surface area contributed by atoms with Gasteiger partial charge in [0.05, 0.1) is 11.2 Å². The fourth-order valence-corrected chi connectivity index (χ4v) is 7.86. The Kier molecular flexibility index (Phi) is 4.46. The molecule has 0 radical (unpaired) electrons. The zero-order valence-corrected chi connectivity index (χ0v) is 14.9. The maximum absolute atomic E-state index is 10.9. The highest BCUT2D eigenvalue weighted by Crippen LogP contribution is 2.43. The number of aliphatic hydroxyl groups is 2. The van der Waals surface area contributed by atoms with Gasteiger partial charge in [-0.25, -0.2) is 0 Å². The van der Waals surface area contributed by atoms with Gasteiger partial charge in [-0.1, -0.05) is 21.6 Å². The van der Waals surface area contributed by atoms with Crippen molar-refractivity contribution in [3.8, 4) is 0 Å². The normalized spacial score (nSPS) is 50.5. The van der Waals surface area contributed by atoms with Gasteiger partial charge in [0.15, 0.2) is 0 Å². The largest absolute Gasteiger partial charge is 0.387 e. The van der Waals surface area contributed by atoms with Gasteiger partial charge in [-0.05, 0) is 63.7 Å². The summed E-state index contributed by atoms with van der Waals surface area (Å²) in [4.78, 5) is 4.82. The van der Waals surface area contributed by atoms with E-state index in [9.17, 15) is 10.2 Å². The van der Waals surface area contributed by atoms with E-state index in [0.29, 0.717) is 11.8 Å². The van der Waals surface area contributed by atoms with Crippen LogP contribution in [-0.4, -0.2) is 82.0 Å². The summed E-state index contributed by atoms with van der Waals surface area (Å²) in [5.74, 6) is 2.60. The highest BCUT2D eigenvalue weighted by molar-refractivity contribution is 8.76. The lowest BCUT2D eigenvalue weighted by Crippen LogP contribution is -2.60. The van der Waals surface area contributed by atoms with E-state index in [1.807, 2.05) is 0 Å². The lowest BCUT2D eigenvalue weighted by Gasteiger charge is -2.51. The van der Waals surface area contributed by atoms with Gasteiger partial charge >= 0.3 is 0 Å². The fourth-order valence-electron chi connectivity index (χ4n) is 4.90. The average Bonchev–Trinajstić information content (AvgIpc) is 2.53. The summed E-state index contributed by atoms with van der Waals surface area (Å²) in [5, 5.41) is 21.8. The minimum Gasteiger partial charge on any atom is -0.387 e. The third-order valence-corrected chi connectivity index (χ3v) is 9.00. The first-order valence-electron chi connectivity index (χ1n) is 8.71. The Morgan fingerprint density at radius 1 is 0.727 bits per heavy atom. The van der Waals surface area contributed by atoms with Crippen LogP contribution in [0.3, 0.4) is 0 Å². The van der Waals surface area contributed by atoms with Crippen molar-refractivity contribution in [3.05, 3.63) is 0 Å². The molecular formula is C16H28N2O2S2. The van der Waals surface area contributed by atoms with Crippen molar-refractivity contribution in [2.24, 2.45) is 11.8 Å². The topological polar surface area (TPSA) is 46.9 Å². The summed E-state index contributed by atoms with van der Waals surface area (Å²) >= 11 is 0. The SMILES string of the molecule is O[C@]1(CSSC[C@@]2(O)CN3CCC2CC3)CN2CCC1CC2. The molecule has 0 spiro atoms. The van der Waals surface area contributed by atoms with Crippen LogP contribution in [0.15, 0.2) is 0 Å². The summed E-state index contributed by atoms with van der Waals surface area (Å²) in [5.41, 5.74) is -0.988. The number of hydrogen-bond donors (Lipinski definition) is 2. The second kappa shape index (κ2) is 6.12. The van der Waals surface area contributed by atoms with Gasteiger partial charge in [0.2, 0.25) is 0 Å². The first kappa shape index (κ1) is 16.0. The Morgan fingerprint density at radius 2 is 1.09 bits per heavy atom. The molecule has 22 heavy (non-hydrogen) atoms. The molecule has 2 atom stereocenters. The molecule has 6 fully saturated rings. The van der Waals surface area contributed by atoms with E-state index in [0.717, 1.165) is 50.3 Å². The smallest absolute Gasteiger partial charge is 0.0901 e. The van der Waals surface area contributed by atoms with Gasteiger partial charge in [-0.2, -0.15) is 0 Å². The zero-order chi connectivity index (χ0) is 15.2.